The van der Waals surface area contributed by atoms with Crippen molar-refractivity contribution >= 4 is 5.91 Å². The summed E-state index contributed by atoms with van der Waals surface area (Å²) in [5.41, 5.74) is 1.10. The van der Waals surface area contributed by atoms with Crippen LogP contribution in [-0.2, 0) is 11.3 Å². The van der Waals surface area contributed by atoms with Crippen LogP contribution >= 0.6 is 0 Å². The fourth-order valence-electron chi connectivity index (χ4n) is 1.75. The van der Waals surface area contributed by atoms with E-state index in [2.05, 4.69) is 25.8 Å². The van der Waals surface area contributed by atoms with E-state index < -0.39 is 0 Å². The molecule has 100 valence electrons. The SMILES string of the molecule is CC(C)N1[C]N(CC(=O)NCc2ccccc2)C=C1. The standard InChI is InChI=1S/C15H19N3O/c1-13(2)18-9-8-17(12-18)11-15(19)16-10-14-6-4-3-5-7-14/h3-9,13H,10-11H2,1-2H3,(H,16,19). The topological polar surface area (TPSA) is 35.6 Å². The molecule has 1 aliphatic heterocycles. The Morgan fingerprint density at radius 3 is 2.63 bits per heavy atom. The second kappa shape index (κ2) is 6.27. The number of benzene rings is 1. The van der Waals surface area contributed by atoms with E-state index in [4.69, 9.17) is 0 Å². The van der Waals surface area contributed by atoms with Gasteiger partial charge in [0.15, 0.2) is 0 Å². The van der Waals surface area contributed by atoms with Gasteiger partial charge in [-0.1, -0.05) is 30.3 Å². The first-order chi connectivity index (χ1) is 9.15. The summed E-state index contributed by atoms with van der Waals surface area (Å²) >= 11 is 0. The maximum absolute atomic E-state index is 11.8. The molecule has 0 atom stereocenters. The van der Waals surface area contributed by atoms with Crippen molar-refractivity contribution in [3.8, 4) is 0 Å². The minimum atomic E-state index is -0.00777. The second-order valence-corrected chi connectivity index (χ2v) is 4.79. The van der Waals surface area contributed by atoms with Gasteiger partial charge in [-0.2, -0.15) is 0 Å². The first-order valence-corrected chi connectivity index (χ1v) is 6.45. The lowest BCUT2D eigenvalue weighted by atomic mass is 10.2. The molecule has 1 amide bonds. The Balaban J connectivity index is 1.73. The van der Waals surface area contributed by atoms with Crippen LogP contribution in [0.2, 0.25) is 0 Å². The van der Waals surface area contributed by atoms with E-state index in [1.165, 1.54) is 0 Å². The number of hydrogen-bond acceptors (Lipinski definition) is 3. The third-order valence-corrected chi connectivity index (χ3v) is 2.85. The molecule has 0 bridgehead atoms. The predicted octanol–water partition coefficient (Wildman–Crippen LogP) is 1.80. The molecule has 0 spiro atoms. The van der Waals surface area contributed by atoms with Crippen LogP contribution in [0.5, 0.6) is 0 Å². The molecule has 0 fully saturated rings. The summed E-state index contributed by atoms with van der Waals surface area (Å²) in [6.07, 6.45) is 3.79. The van der Waals surface area contributed by atoms with Gasteiger partial charge in [0, 0.05) is 25.0 Å². The zero-order valence-corrected chi connectivity index (χ0v) is 11.3. The number of nitrogens with one attached hydrogen (secondary N) is 1. The average Bonchev–Trinajstić information content (AvgIpc) is 2.86. The Kier molecular flexibility index (Phi) is 4.44. The van der Waals surface area contributed by atoms with E-state index >= 15 is 0 Å². The molecule has 2 rings (SSSR count). The van der Waals surface area contributed by atoms with Crippen molar-refractivity contribution in [2.24, 2.45) is 0 Å². The summed E-state index contributed by atoms with van der Waals surface area (Å²) in [5, 5.41) is 2.90. The fourth-order valence-corrected chi connectivity index (χ4v) is 1.75. The van der Waals surface area contributed by atoms with E-state index in [1.807, 2.05) is 47.6 Å². The number of carbonyl (C=O) groups excluding carboxylic acids is 1. The summed E-state index contributed by atoms with van der Waals surface area (Å²) in [5.74, 6) is -0.00777. The molecule has 4 nitrogen and oxygen atoms in total. The maximum Gasteiger partial charge on any atom is 0.239 e. The van der Waals surface area contributed by atoms with E-state index in [0.717, 1.165) is 5.56 Å². The lowest BCUT2D eigenvalue weighted by Crippen LogP contribution is -2.34. The van der Waals surface area contributed by atoms with Crippen molar-refractivity contribution in [2.75, 3.05) is 6.54 Å². The molecule has 0 saturated heterocycles. The number of carbonyl (C=O) groups is 1. The molecule has 0 unspecified atom stereocenters. The lowest BCUT2D eigenvalue weighted by Gasteiger charge is -2.21. The third-order valence-electron chi connectivity index (χ3n) is 2.85. The fraction of sp³-hybridized carbons (Fsp3) is 0.333. The quantitative estimate of drug-likeness (QED) is 0.873. The van der Waals surface area contributed by atoms with Gasteiger partial charge in [0.25, 0.3) is 0 Å². The van der Waals surface area contributed by atoms with Crippen LogP contribution in [0.25, 0.3) is 0 Å². The minimum Gasteiger partial charge on any atom is -0.350 e. The van der Waals surface area contributed by atoms with Crippen LogP contribution in [0.3, 0.4) is 0 Å². The van der Waals surface area contributed by atoms with Crippen molar-refractivity contribution in [2.45, 2.75) is 26.4 Å². The zero-order valence-electron chi connectivity index (χ0n) is 11.3. The Labute approximate surface area is 114 Å². The Morgan fingerprint density at radius 1 is 1.26 bits per heavy atom. The highest BCUT2D eigenvalue weighted by atomic mass is 16.2. The first-order valence-electron chi connectivity index (χ1n) is 6.45. The highest BCUT2D eigenvalue weighted by molar-refractivity contribution is 5.78. The van der Waals surface area contributed by atoms with Crippen LogP contribution in [0.4, 0.5) is 0 Å². The molecule has 19 heavy (non-hydrogen) atoms. The lowest BCUT2D eigenvalue weighted by molar-refractivity contribution is -0.121. The van der Waals surface area contributed by atoms with Crippen molar-refractivity contribution < 1.29 is 4.79 Å². The first kappa shape index (κ1) is 13.5. The van der Waals surface area contributed by atoms with Gasteiger partial charge >= 0.3 is 0 Å². The second-order valence-electron chi connectivity index (χ2n) is 4.79. The molecule has 1 aromatic carbocycles. The summed E-state index contributed by atoms with van der Waals surface area (Å²) in [4.78, 5) is 15.5. The molecule has 0 aliphatic carbocycles. The molecule has 1 aliphatic rings. The Morgan fingerprint density at radius 2 is 2.00 bits per heavy atom. The van der Waals surface area contributed by atoms with Gasteiger partial charge in [-0.15, -0.1) is 0 Å². The minimum absolute atomic E-state index is 0.00777. The third kappa shape index (κ3) is 4.02. The summed E-state index contributed by atoms with van der Waals surface area (Å²) < 4.78 is 0. The Hall–Kier alpha value is -1.97. The molecule has 4 heteroatoms. The smallest absolute Gasteiger partial charge is 0.239 e. The predicted molar refractivity (Wildman–Crippen MR) is 74.4 cm³/mol. The van der Waals surface area contributed by atoms with Crippen LogP contribution < -0.4 is 5.32 Å². The van der Waals surface area contributed by atoms with Crippen LogP contribution in [0.15, 0.2) is 42.7 Å². The van der Waals surface area contributed by atoms with Gasteiger partial charge < -0.3 is 15.1 Å². The largest absolute Gasteiger partial charge is 0.350 e. The zero-order chi connectivity index (χ0) is 13.7. The molecule has 0 aromatic heterocycles. The van der Waals surface area contributed by atoms with Crippen molar-refractivity contribution in [1.82, 2.24) is 15.1 Å². The van der Waals surface area contributed by atoms with E-state index in [9.17, 15) is 4.79 Å². The molecule has 0 saturated carbocycles. The highest BCUT2D eigenvalue weighted by Gasteiger charge is 2.18. The average molecular weight is 257 g/mol. The maximum atomic E-state index is 11.8. The Bertz CT molecular complexity index is 442. The summed E-state index contributed by atoms with van der Waals surface area (Å²) in [7, 11) is 0. The van der Waals surface area contributed by atoms with Crippen molar-refractivity contribution in [1.29, 1.82) is 0 Å². The van der Waals surface area contributed by atoms with E-state index in [1.54, 1.807) is 4.90 Å². The molecular weight excluding hydrogens is 238 g/mol. The van der Waals surface area contributed by atoms with Gasteiger partial charge in [0.1, 0.15) is 0 Å². The monoisotopic (exact) mass is 257 g/mol. The van der Waals surface area contributed by atoms with Crippen LogP contribution in [0.1, 0.15) is 19.4 Å². The summed E-state index contributed by atoms with van der Waals surface area (Å²) in [6.45, 7) is 8.13. The van der Waals surface area contributed by atoms with Gasteiger partial charge in [-0.25, -0.2) is 0 Å². The van der Waals surface area contributed by atoms with Crippen molar-refractivity contribution in [3.63, 3.8) is 0 Å². The van der Waals surface area contributed by atoms with Gasteiger partial charge in [-0.05, 0) is 19.4 Å². The van der Waals surface area contributed by atoms with Gasteiger partial charge in [0.2, 0.25) is 12.6 Å². The highest BCUT2D eigenvalue weighted by Crippen LogP contribution is 2.13. The van der Waals surface area contributed by atoms with Gasteiger partial charge in [-0.3, -0.25) is 4.79 Å². The molecule has 1 N–H and O–H groups in total. The summed E-state index contributed by atoms with van der Waals surface area (Å²) in [6, 6.07) is 10.2. The number of nitrogens with zero attached hydrogens (tertiary/aromatic N) is 2. The van der Waals surface area contributed by atoms with Crippen molar-refractivity contribution in [3.05, 3.63) is 55.0 Å². The van der Waals surface area contributed by atoms with E-state index in [-0.39, 0.29) is 5.91 Å². The number of amides is 1. The number of rotatable bonds is 5. The van der Waals surface area contributed by atoms with Gasteiger partial charge in [0.05, 0.1) is 6.54 Å². The number of hydrogen-bond donors (Lipinski definition) is 1. The van der Waals surface area contributed by atoms with E-state index in [0.29, 0.717) is 19.1 Å². The molecule has 2 radical (unpaired) electrons. The van der Waals surface area contributed by atoms with Crippen LogP contribution in [-0.4, -0.2) is 28.3 Å². The normalized spacial score (nSPS) is 14.3. The molecule has 1 aromatic rings. The molecule has 1 heterocycles. The van der Waals surface area contributed by atoms with Crippen LogP contribution in [0, 0.1) is 6.67 Å². The molecular formula is C15H19N3O.